The third-order valence-corrected chi connectivity index (χ3v) is 2.15. The van der Waals surface area contributed by atoms with Crippen molar-refractivity contribution in [1.82, 2.24) is 9.97 Å². The predicted molar refractivity (Wildman–Crippen MR) is 65.4 cm³/mol. The summed E-state index contributed by atoms with van der Waals surface area (Å²) in [6.45, 7) is 6.76. The van der Waals surface area contributed by atoms with Gasteiger partial charge in [0.2, 0.25) is 0 Å². The van der Waals surface area contributed by atoms with Crippen molar-refractivity contribution >= 4 is 11.6 Å². The third kappa shape index (κ3) is 4.02. The van der Waals surface area contributed by atoms with Gasteiger partial charge in [0.15, 0.2) is 0 Å². The highest BCUT2D eigenvalue weighted by Crippen LogP contribution is 2.13. The molecule has 0 atom stereocenters. The molecule has 0 aliphatic carbocycles. The van der Waals surface area contributed by atoms with Crippen LogP contribution in [0.15, 0.2) is 12.4 Å². The quantitative estimate of drug-likeness (QED) is 0.785. The number of aromatic nitrogens is 2. The van der Waals surface area contributed by atoms with Crippen molar-refractivity contribution in [3.05, 3.63) is 12.4 Å². The van der Waals surface area contributed by atoms with Gasteiger partial charge in [0, 0.05) is 26.3 Å². The minimum absolute atomic E-state index is 0.496. The fourth-order valence-electron chi connectivity index (χ4n) is 1.48. The lowest BCUT2D eigenvalue weighted by Crippen LogP contribution is -2.31. The fourth-order valence-corrected chi connectivity index (χ4v) is 1.48. The van der Waals surface area contributed by atoms with E-state index in [9.17, 15) is 0 Å². The first kappa shape index (κ1) is 12.7. The number of ether oxygens (including phenoxy) is 1. The smallest absolute Gasteiger partial charge is 0.134 e. The van der Waals surface area contributed by atoms with Crippen LogP contribution in [0.3, 0.4) is 0 Å². The minimum Gasteiger partial charge on any atom is -0.384 e. The second-order valence-electron chi connectivity index (χ2n) is 4.13. The average molecular weight is 224 g/mol. The Morgan fingerprint density at radius 3 is 2.75 bits per heavy atom. The SMILES string of the molecule is COCCN(CC(C)C)c1cc(N)ncn1. The number of nitrogen functional groups attached to an aromatic ring is 1. The third-order valence-electron chi connectivity index (χ3n) is 2.15. The Morgan fingerprint density at radius 2 is 2.19 bits per heavy atom. The molecule has 1 rings (SSSR count). The van der Waals surface area contributed by atoms with Crippen LogP contribution >= 0.6 is 0 Å². The Labute approximate surface area is 96.6 Å². The summed E-state index contributed by atoms with van der Waals surface area (Å²) >= 11 is 0. The lowest BCUT2D eigenvalue weighted by Gasteiger charge is -2.25. The number of rotatable bonds is 6. The maximum atomic E-state index is 5.65. The summed E-state index contributed by atoms with van der Waals surface area (Å²) in [5.41, 5.74) is 5.65. The summed E-state index contributed by atoms with van der Waals surface area (Å²) in [5, 5.41) is 0. The van der Waals surface area contributed by atoms with Crippen molar-refractivity contribution in [1.29, 1.82) is 0 Å². The van der Waals surface area contributed by atoms with Crippen LogP contribution in [-0.4, -0.2) is 36.8 Å². The standard InChI is InChI=1S/C11H20N4O/c1-9(2)7-15(4-5-16-3)11-6-10(12)13-8-14-11/h6,8-9H,4-5,7H2,1-3H3,(H2,12,13,14). The van der Waals surface area contributed by atoms with Gasteiger partial charge < -0.3 is 15.4 Å². The molecule has 90 valence electrons. The van der Waals surface area contributed by atoms with E-state index in [4.69, 9.17) is 10.5 Å². The van der Waals surface area contributed by atoms with Gasteiger partial charge in [-0.15, -0.1) is 0 Å². The fraction of sp³-hybridized carbons (Fsp3) is 0.636. The van der Waals surface area contributed by atoms with Crippen LogP contribution < -0.4 is 10.6 Å². The molecule has 1 aromatic heterocycles. The molecule has 0 aromatic carbocycles. The molecule has 5 nitrogen and oxygen atoms in total. The molecule has 0 unspecified atom stereocenters. The topological polar surface area (TPSA) is 64.3 Å². The van der Waals surface area contributed by atoms with E-state index in [1.807, 2.05) is 0 Å². The van der Waals surface area contributed by atoms with Crippen LogP contribution in [-0.2, 0) is 4.74 Å². The zero-order valence-corrected chi connectivity index (χ0v) is 10.2. The van der Waals surface area contributed by atoms with E-state index < -0.39 is 0 Å². The molecular weight excluding hydrogens is 204 g/mol. The van der Waals surface area contributed by atoms with Gasteiger partial charge in [-0.05, 0) is 5.92 Å². The molecule has 0 aliphatic rings. The van der Waals surface area contributed by atoms with Gasteiger partial charge in [-0.25, -0.2) is 9.97 Å². The molecular formula is C11H20N4O. The first-order valence-corrected chi connectivity index (χ1v) is 5.45. The molecule has 16 heavy (non-hydrogen) atoms. The lowest BCUT2D eigenvalue weighted by molar-refractivity contribution is 0.204. The molecule has 0 radical (unpaired) electrons. The van der Waals surface area contributed by atoms with Gasteiger partial charge in [-0.3, -0.25) is 0 Å². The second-order valence-corrected chi connectivity index (χ2v) is 4.13. The highest BCUT2D eigenvalue weighted by molar-refractivity contribution is 5.45. The van der Waals surface area contributed by atoms with Crippen molar-refractivity contribution < 1.29 is 4.74 Å². The van der Waals surface area contributed by atoms with Crippen molar-refractivity contribution in [2.45, 2.75) is 13.8 Å². The van der Waals surface area contributed by atoms with Crippen molar-refractivity contribution in [2.24, 2.45) is 5.92 Å². The second kappa shape index (κ2) is 6.27. The molecule has 0 amide bonds. The Hall–Kier alpha value is -1.36. The summed E-state index contributed by atoms with van der Waals surface area (Å²) in [7, 11) is 1.70. The van der Waals surface area contributed by atoms with Gasteiger partial charge in [0.1, 0.15) is 18.0 Å². The van der Waals surface area contributed by atoms with E-state index in [2.05, 4.69) is 28.7 Å². The highest BCUT2D eigenvalue weighted by Gasteiger charge is 2.10. The monoisotopic (exact) mass is 224 g/mol. The molecule has 1 heterocycles. The van der Waals surface area contributed by atoms with Crippen LogP contribution in [0.25, 0.3) is 0 Å². The lowest BCUT2D eigenvalue weighted by atomic mass is 10.2. The molecule has 0 saturated carbocycles. The summed E-state index contributed by atoms with van der Waals surface area (Å²) in [5.74, 6) is 1.92. The molecule has 0 aliphatic heterocycles. The first-order valence-electron chi connectivity index (χ1n) is 5.45. The average Bonchev–Trinajstić information content (AvgIpc) is 2.23. The summed E-state index contributed by atoms with van der Waals surface area (Å²) in [4.78, 5) is 10.3. The van der Waals surface area contributed by atoms with Crippen molar-refractivity contribution in [3.8, 4) is 0 Å². The van der Waals surface area contributed by atoms with E-state index in [1.54, 1.807) is 13.2 Å². The zero-order valence-electron chi connectivity index (χ0n) is 10.2. The zero-order chi connectivity index (χ0) is 12.0. The minimum atomic E-state index is 0.496. The van der Waals surface area contributed by atoms with Gasteiger partial charge >= 0.3 is 0 Å². The Bertz CT molecular complexity index is 317. The van der Waals surface area contributed by atoms with E-state index in [1.165, 1.54) is 6.33 Å². The van der Waals surface area contributed by atoms with Crippen molar-refractivity contribution in [2.75, 3.05) is 37.4 Å². The van der Waals surface area contributed by atoms with E-state index in [0.29, 0.717) is 18.3 Å². The van der Waals surface area contributed by atoms with Gasteiger partial charge in [0.25, 0.3) is 0 Å². The maximum Gasteiger partial charge on any atom is 0.134 e. The van der Waals surface area contributed by atoms with Gasteiger partial charge in [-0.2, -0.15) is 0 Å². The largest absolute Gasteiger partial charge is 0.384 e. The molecule has 0 fully saturated rings. The number of hydrogen-bond acceptors (Lipinski definition) is 5. The molecule has 0 spiro atoms. The summed E-state index contributed by atoms with van der Waals surface area (Å²) in [6, 6.07) is 1.79. The first-order chi connectivity index (χ1) is 7.63. The Kier molecular flexibility index (Phi) is 4.98. The molecule has 1 aromatic rings. The van der Waals surface area contributed by atoms with Crippen LogP contribution in [0, 0.1) is 5.92 Å². The highest BCUT2D eigenvalue weighted by atomic mass is 16.5. The summed E-state index contributed by atoms with van der Waals surface area (Å²) < 4.78 is 5.09. The Morgan fingerprint density at radius 1 is 1.44 bits per heavy atom. The molecule has 2 N–H and O–H groups in total. The van der Waals surface area contributed by atoms with E-state index in [0.717, 1.165) is 18.9 Å². The predicted octanol–water partition coefficient (Wildman–Crippen LogP) is 1.17. The number of anilines is 2. The van der Waals surface area contributed by atoms with E-state index >= 15 is 0 Å². The maximum absolute atomic E-state index is 5.65. The number of methoxy groups -OCH3 is 1. The molecule has 5 heteroatoms. The molecule has 0 saturated heterocycles. The van der Waals surface area contributed by atoms with Gasteiger partial charge in [0.05, 0.1) is 6.61 Å². The van der Waals surface area contributed by atoms with Crippen LogP contribution in [0.4, 0.5) is 11.6 Å². The van der Waals surface area contributed by atoms with Gasteiger partial charge in [-0.1, -0.05) is 13.8 Å². The normalized spacial score (nSPS) is 10.8. The van der Waals surface area contributed by atoms with Crippen molar-refractivity contribution in [3.63, 3.8) is 0 Å². The number of nitrogens with two attached hydrogens (primary N) is 1. The Balaban J connectivity index is 2.74. The van der Waals surface area contributed by atoms with E-state index in [-0.39, 0.29) is 0 Å². The van der Waals surface area contributed by atoms with Crippen LogP contribution in [0.1, 0.15) is 13.8 Å². The summed E-state index contributed by atoms with van der Waals surface area (Å²) in [6.07, 6.45) is 1.49. The van der Waals surface area contributed by atoms with Crippen LogP contribution in [0.2, 0.25) is 0 Å². The number of hydrogen-bond donors (Lipinski definition) is 1. The van der Waals surface area contributed by atoms with Crippen LogP contribution in [0.5, 0.6) is 0 Å². The molecule has 0 bridgehead atoms. The number of nitrogens with zero attached hydrogens (tertiary/aromatic N) is 3.